The Bertz CT molecular complexity index is 907. The van der Waals surface area contributed by atoms with E-state index in [1.54, 1.807) is 12.1 Å². The molecule has 0 saturated heterocycles. The molecule has 0 bridgehead atoms. The van der Waals surface area contributed by atoms with Crippen molar-refractivity contribution in [1.82, 2.24) is 4.98 Å². The Morgan fingerprint density at radius 3 is 2.74 bits per heavy atom. The summed E-state index contributed by atoms with van der Waals surface area (Å²) >= 11 is 0. The van der Waals surface area contributed by atoms with Gasteiger partial charge >= 0.3 is 0 Å². The number of phenolic OH excluding ortho intramolecular Hbond substituents is 1. The van der Waals surface area contributed by atoms with Crippen LogP contribution < -0.4 is 10.5 Å². The number of nitrogen functional groups attached to an aromatic ring is 1. The SMILES string of the molecule is CCOc1cc(-c2c(C#N)c(N)nc3c2C[C@H](C(C)(C)C)CC3)ccc1O. The summed E-state index contributed by atoms with van der Waals surface area (Å²) in [5, 5.41) is 19.8. The van der Waals surface area contributed by atoms with Gasteiger partial charge in [-0.05, 0) is 60.8 Å². The molecule has 3 rings (SSSR count). The Morgan fingerprint density at radius 1 is 1.37 bits per heavy atom. The van der Waals surface area contributed by atoms with Crippen LogP contribution in [0.4, 0.5) is 5.82 Å². The third-order valence-corrected chi connectivity index (χ3v) is 5.48. The van der Waals surface area contributed by atoms with Gasteiger partial charge in [0, 0.05) is 11.3 Å². The number of nitrogens with zero attached hydrogens (tertiary/aromatic N) is 2. The van der Waals surface area contributed by atoms with E-state index in [9.17, 15) is 10.4 Å². The van der Waals surface area contributed by atoms with Crippen LogP contribution in [-0.2, 0) is 12.8 Å². The molecule has 1 atom stereocenters. The van der Waals surface area contributed by atoms with E-state index >= 15 is 0 Å². The van der Waals surface area contributed by atoms with Gasteiger partial charge in [0.2, 0.25) is 0 Å². The molecule has 1 aliphatic carbocycles. The molecule has 0 radical (unpaired) electrons. The summed E-state index contributed by atoms with van der Waals surface area (Å²) in [5.41, 5.74) is 10.4. The molecule has 1 heterocycles. The number of pyridine rings is 1. The zero-order valence-corrected chi connectivity index (χ0v) is 16.5. The van der Waals surface area contributed by atoms with Gasteiger partial charge in [-0.3, -0.25) is 0 Å². The van der Waals surface area contributed by atoms with E-state index in [0.717, 1.165) is 41.6 Å². The Kier molecular flexibility index (Phi) is 5.01. The molecule has 0 unspecified atom stereocenters. The number of anilines is 1. The van der Waals surface area contributed by atoms with E-state index < -0.39 is 0 Å². The predicted octanol–water partition coefficient (Wildman–Crippen LogP) is 4.46. The summed E-state index contributed by atoms with van der Waals surface area (Å²) in [4.78, 5) is 4.54. The van der Waals surface area contributed by atoms with E-state index in [2.05, 4.69) is 31.8 Å². The molecule has 0 saturated carbocycles. The topological polar surface area (TPSA) is 92.2 Å². The van der Waals surface area contributed by atoms with Gasteiger partial charge in [-0.25, -0.2) is 4.98 Å². The maximum atomic E-state index is 10.1. The normalized spacial score (nSPS) is 16.5. The largest absolute Gasteiger partial charge is 0.504 e. The lowest BCUT2D eigenvalue weighted by Gasteiger charge is -2.35. The lowest BCUT2D eigenvalue weighted by Crippen LogP contribution is -2.28. The van der Waals surface area contributed by atoms with Crippen LogP contribution in [0.5, 0.6) is 11.5 Å². The van der Waals surface area contributed by atoms with Crippen molar-refractivity contribution < 1.29 is 9.84 Å². The number of nitriles is 1. The van der Waals surface area contributed by atoms with Gasteiger partial charge in [0.1, 0.15) is 17.5 Å². The Balaban J connectivity index is 2.22. The minimum atomic E-state index is 0.0857. The molecule has 5 heteroatoms. The molecule has 0 fully saturated rings. The lowest BCUT2D eigenvalue weighted by atomic mass is 9.70. The zero-order chi connectivity index (χ0) is 19.8. The number of rotatable bonds is 3. The average molecular weight is 365 g/mol. The van der Waals surface area contributed by atoms with E-state index in [0.29, 0.717) is 23.8 Å². The van der Waals surface area contributed by atoms with Crippen molar-refractivity contribution in [3.8, 4) is 28.7 Å². The summed E-state index contributed by atoms with van der Waals surface area (Å²) < 4.78 is 5.54. The highest BCUT2D eigenvalue weighted by atomic mass is 16.5. The molecule has 5 nitrogen and oxygen atoms in total. The average Bonchev–Trinajstić information content (AvgIpc) is 2.61. The Hall–Kier alpha value is -2.74. The smallest absolute Gasteiger partial charge is 0.161 e. The summed E-state index contributed by atoms with van der Waals surface area (Å²) in [5.74, 6) is 1.27. The third kappa shape index (κ3) is 3.57. The van der Waals surface area contributed by atoms with Crippen LogP contribution in [0.25, 0.3) is 11.1 Å². The molecule has 0 amide bonds. The van der Waals surface area contributed by atoms with Crippen molar-refractivity contribution >= 4 is 5.82 Å². The molecule has 1 aliphatic rings. The fraction of sp³-hybridized carbons (Fsp3) is 0.455. The first kappa shape index (κ1) is 19.0. The number of nitrogens with two attached hydrogens (primary N) is 1. The van der Waals surface area contributed by atoms with Gasteiger partial charge in [0.05, 0.1) is 6.61 Å². The molecule has 1 aromatic carbocycles. The summed E-state index contributed by atoms with van der Waals surface area (Å²) in [6.07, 6.45) is 2.78. The van der Waals surface area contributed by atoms with Gasteiger partial charge in [0.15, 0.2) is 11.5 Å². The van der Waals surface area contributed by atoms with Crippen LogP contribution in [0.3, 0.4) is 0 Å². The van der Waals surface area contributed by atoms with Crippen LogP contribution in [-0.4, -0.2) is 16.7 Å². The minimum absolute atomic E-state index is 0.0857. The highest BCUT2D eigenvalue weighted by molar-refractivity contribution is 5.80. The number of ether oxygens (including phenoxy) is 1. The van der Waals surface area contributed by atoms with Gasteiger partial charge in [-0.1, -0.05) is 26.8 Å². The first-order valence-corrected chi connectivity index (χ1v) is 9.43. The van der Waals surface area contributed by atoms with Crippen molar-refractivity contribution in [2.24, 2.45) is 11.3 Å². The minimum Gasteiger partial charge on any atom is -0.504 e. The van der Waals surface area contributed by atoms with Gasteiger partial charge in [0.25, 0.3) is 0 Å². The van der Waals surface area contributed by atoms with Crippen LogP contribution in [0.2, 0.25) is 0 Å². The van der Waals surface area contributed by atoms with Gasteiger partial charge in [-0.15, -0.1) is 0 Å². The molecule has 142 valence electrons. The first-order chi connectivity index (χ1) is 12.8. The zero-order valence-electron chi connectivity index (χ0n) is 16.5. The third-order valence-electron chi connectivity index (χ3n) is 5.48. The molecule has 0 aliphatic heterocycles. The van der Waals surface area contributed by atoms with E-state index in [4.69, 9.17) is 10.5 Å². The fourth-order valence-corrected chi connectivity index (χ4v) is 3.89. The number of aromatic nitrogens is 1. The second-order valence-electron chi connectivity index (χ2n) is 8.21. The van der Waals surface area contributed by atoms with Gasteiger partial charge < -0.3 is 15.6 Å². The number of fused-ring (bicyclic) bond motifs is 1. The van der Waals surface area contributed by atoms with Crippen LogP contribution in [0, 0.1) is 22.7 Å². The predicted molar refractivity (Wildman–Crippen MR) is 107 cm³/mol. The van der Waals surface area contributed by atoms with E-state index in [1.165, 1.54) is 0 Å². The fourth-order valence-electron chi connectivity index (χ4n) is 3.89. The standard InChI is InChI=1S/C22H27N3O2/c1-5-27-19-10-13(6-9-18(19)26)20-15-11-14(22(2,3)4)7-8-17(15)25-21(24)16(20)12-23/h6,9-10,14,26H,5,7-8,11H2,1-4H3,(H2,24,25)/t14-/m1/s1. The molecular formula is C22H27N3O2. The molecule has 1 aromatic heterocycles. The summed E-state index contributed by atoms with van der Waals surface area (Å²) in [6.45, 7) is 9.09. The number of benzene rings is 1. The molecular weight excluding hydrogens is 338 g/mol. The number of phenols is 1. The molecule has 3 N–H and O–H groups in total. The van der Waals surface area contributed by atoms with Crippen molar-refractivity contribution in [3.63, 3.8) is 0 Å². The Labute approximate surface area is 160 Å². The van der Waals surface area contributed by atoms with Crippen molar-refractivity contribution in [1.29, 1.82) is 5.26 Å². The number of hydrogen-bond acceptors (Lipinski definition) is 5. The highest BCUT2D eigenvalue weighted by Crippen LogP contribution is 2.43. The lowest BCUT2D eigenvalue weighted by molar-refractivity contribution is 0.215. The second-order valence-corrected chi connectivity index (χ2v) is 8.21. The molecule has 2 aromatic rings. The number of aromatic hydroxyl groups is 1. The van der Waals surface area contributed by atoms with Gasteiger partial charge in [-0.2, -0.15) is 5.26 Å². The Morgan fingerprint density at radius 2 is 2.11 bits per heavy atom. The van der Waals surface area contributed by atoms with Crippen molar-refractivity contribution in [2.45, 2.75) is 47.0 Å². The van der Waals surface area contributed by atoms with Crippen molar-refractivity contribution in [2.75, 3.05) is 12.3 Å². The summed E-state index contributed by atoms with van der Waals surface area (Å²) in [6, 6.07) is 7.45. The number of hydrogen-bond donors (Lipinski definition) is 2. The van der Waals surface area contributed by atoms with Crippen molar-refractivity contribution in [3.05, 3.63) is 35.0 Å². The maximum absolute atomic E-state index is 10.1. The molecule has 27 heavy (non-hydrogen) atoms. The van der Waals surface area contributed by atoms with E-state index in [-0.39, 0.29) is 17.0 Å². The molecule has 0 spiro atoms. The first-order valence-electron chi connectivity index (χ1n) is 9.43. The monoisotopic (exact) mass is 365 g/mol. The van der Waals surface area contributed by atoms with Crippen LogP contribution in [0.1, 0.15) is 50.9 Å². The quantitative estimate of drug-likeness (QED) is 0.838. The second kappa shape index (κ2) is 7.11. The van der Waals surface area contributed by atoms with Crippen LogP contribution in [0.15, 0.2) is 18.2 Å². The van der Waals surface area contributed by atoms with Crippen LogP contribution >= 0.6 is 0 Å². The summed E-state index contributed by atoms with van der Waals surface area (Å²) in [7, 11) is 0. The van der Waals surface area contributed by atoms with E-state index in [1.807, 2.05) is 13.0 Å². The number of aryl methyl sites for hydroxylation is 1. The maximum Gasteiger partial charge on any atom is 0.161 e. The highest BCUT2D eigenvalue weighted by Gasteiger charge is 2.32.